The quantitative estimate of drug-likeness (QED) is 0.941. The van der Waals surface area contributed by atoms with E-state index in [9.17, 15) is 18.3 Å². The van der Waals surface area contributed by atoms with Gasteiger partial charge in [0.05, 0.1) is 17.4 Å². The first kappa shape index (κ1) is 15.4. The van der Waals surface area contributed by atoms with Crippen LogP contribution in [-0.4, -0.2) is 32.2 Å². The highest BCUT2D eigenvalue weighted by Crippen LogP contribution is 2.40. The Hall–Kier alpha value is -1.51. The van der Waals surface area contributed by atoms with Crippen LogP contribution >= 0.6 is 11.5 Å². The van der Waals surface area contributed by atoms with Crippen LogP contribution in [0.15, 0.2) is 29.6 Å². The normalized spacial score (nSPS) is 23.1. The third-order valence-corrected chi connectivity index (χ3v) is 4.33. The first-order valence-corrected chi connectivity index (χ1v) is 7.63. The van der Waals surface area contributed by atoms with Gasteiger partial charge in [-0.2, -0.15) is 13.2 Å². The Morgan fingerprint density at radius 2 is 2.09 bits per heavy atom. The predicted molar refractivity (Wildman–Crippen MR) is 75.1 cm³/mol. The van der Waals surface area contributed by atoms with Gasteiger partial charge in [-0.25, -0.2) is 0 Å². The molecule has 118 valence electrons. The van der Waals surface area contributed by atoms with E-state index < -0.39 is 23.9 Å². The van der Waals surface area contributed by atoms with Crippen LogP contribution in [0.5, 0.6) is 0 Å². The van der Waals surface area contributed by atoms with Crippen molar-refractivity contribution in [3.8, 4) is 0 Å². The van der Waals surface area contributed by atoms with Gasteiger partial charge >= 0.3 is 6.18 Å². The molecule has 2 aromatic rings. The molecule has 1 fully saturated rings. The molecule has 1 aromatic heterocycles. The van der Waals surface area contributed by atoms with Crippen molar-refractivity contribution in [1.82, 2.24) is 14.5 Å². The number of halogens is 3. The number of benzene rings is 1. The molecule has 2 heterocycles. The number of likely N-dealkylation sites (tertiary alicyclic amines) is 1. The molecule has 0 aliphatic carbocycles. The lowest BCUT2D eigenvalue weighted by Gasteiger charge is -2.26. The van der Waals surface area contributed by atoms with Gasteiger partial charge in [-0.1, -0.05) is 22.7 Å². The fourth-order valence-electron chi connectivity index (χ4n) is 2.88. The largest absolute Gasteiger partial charge is 0.416 e. The molecule has 0 amide bonds. The smallest absolute Gasteiger partial charge is 0.392 e. The highest BCUT2D eigenvalue weighted by Gasteiger charge is 2.39. The maximum absolute atomic E-state index is 13.2. The zero-order valence-corrected chi connectivity index (χ0v) is 12.3. The molecule has 0 saturated carbocycles. The maximum Gasteiger partial charge on any atom is 0.416 e. The number of β-amino-alcohol motifs (C(OH)–C–C–N with tert-alkyl or cyclic N) is 1. The summed E-state index contributed by atoms with van der Waals surface area (Å²) in [7, 11) is 0. The van der Waals surface area contributed by atoms with E-state index in [1.54, 1.807) is 11.4 Å². The molecule has 1 saturated heterocycles. The highest BCUT2D eigenvalue weighted by atomic mass is 32.1. The lowest BCUT2D eigenvalue weighted by atomic mass is 9.97. The van der Waals surface area contributed by atoms with Crippen LogP contribution in [0.2, 0.25) is 0 Å². The molecule has 0 spiro atoms. The summed E-state index contributed by atoms with van der Waals surface area (Å²) in [4.78, 5) is 1.83. The van der Waals surface area contributed by atoms with Gasteiger partial charge in [0.15, 0.2) is 0 Å². The summed E-state index contributed by atoms with van der Waals surface area (Å²) < 4.78 is 43.4. The zero-order chi connectivity index (χ0) is 15.7. The van der Waals surface area contributed by atoms with Crippen molar-refractivity contribution in [3.05, 3.63) is 46.5 Å². The van der Waals surface area contributed by atoms with E-state index in [2.05, 4.69) is 9.59 Å². The third-order valence-electron chi connectivity index (χ3n) is 3.78. The number of alkyl halides is 3. The van der Waals surface area contributed by atoms with Crippen LogP contribution in [0, 0.1) is 0 Å². The summed E-state index contributed by atoms with van der Waals surface area (Å²) in [6, 6.07) is 5.07. The summed E-state index contributed by atoms with van der Waals surface area (Å²) in [5.74, 6) is 0. The van der Waals surface area contributed by atoms with Gasteiger partial charge in [-0.05, 0) is 29.6 Å². The SMILES string of the molecule is O[C@@H]1C[C@H](c2ccccc2C(F)(F)F)N(Cc2csnn2)C1. The van der Waals surface area contributed by atoms with E-state index in [4.69, 9.17) is 0 Å². The summed E-state index contributed by atoms with van der Waals surface area (Å²) in [6.45, 7) is 0.707. The number of nitrogens with zero attached hydrogens (tertiary/aromatic N) is 3. The Morgan fingerprint density at radius 3 is 2.77 bits per heavy atom. The van der Waals surface area contributed by atoms with Gasteiger partial charge in [-0.3, -0.25) is 4.90 Å². The van der Waals surface area contributed by atoms with Crippen LogP contribution in [0.25, 0.3) is 0 Å². The Morgan fingerprint density at radius 1 is 1.32 bits per heavy atom. The molecule has 4 nitrogen and oxygen atoms in total. The van der Waals surface area contributed by atoms with Crippen LogP contribution in [0.3, 0.4) is 0 Å². The highest BCUT2D eigenvalue weighted by molar-refractivity contribution is 7.03. The topological polar surface area (TPSA) is 49.2 Å². The second-order valence-corrected chi connectivity index (χ2v) is 5.93. The zero-order valence-electron chi connectivity index (χ0n) is 11.5. The first-order chi connectivity index (χ1) is 10.4. The fraction of sp³-hybridized carbons (Fsp3) is 0.429. The molecule has 8 heteroatoms. The standard InChI is InChI=1S/C14H14F3N3OS/c15-14(16,17)12-4-2-1-3-11(12)13-5-10(21)7-20(13)6-9-8-22-19-18-9/h1-4,8,10,13,21H,5-7H2/t10-,13-/m1/s1. The molecule has 0 bridgehead atoms. The van der Waals surface area contributed by atoms with Crippen LogP contribution in [0.1, 0.15) is 29.3 Å². The molecule has 1 aliphatic heterocycles. The molecular formula is C14H14F3N3OS. The Kier molecular flexibility index (Phi) is 4.16. The monoisotopic (exact) mass is 329 g/mol. The molecule has 2 atom stereocenters. The molecule has 22 heavy (non-hydrogen) atoms. The van der Waals surface area contributed by atoms with Gasteiger partial charge in [0.2, 0.25) is 0 Å². The number of aromatic nitrogens is 2. The molecule has 1 N–H and O–H groups in total. The number of hydrogen-bond acceptors (Lipinski definition) is 5. The van der Waals surface area contributed by atoms with Crippen molar-refractivity contribution in [3.63, 3.8) is 0 Å². The van der Waals surface area contributed by atoms with E-state index in [1.807, 2.05) is 4.90 Å². The second kappa shape index (κ2) is 5.94. The first-order valence-electron chi connectivity index (χ1n) is 6.79. The van der Waals surface area contributed by atoms with Crippen molar-refractivity contribution in [2.75, 3.05) is 6.54 Å². The lowest BCUT2D eigenvalue weighted by molar-refractivity contribution is -0.138. The summed E-state index contributed by atoms with van der Waals surface area (Å²) in [5, 5.41) is 15.6. The van der Waals surface area contributed by atoms with Crippen molar-refractivity contribution >= 4 is 11.5 Å². The molecule has 1 aliphatic rings. The average Bonchev–Trinajstić information content (AvgIpc) is 3.08. The molecule has 3 rings (SSSR count). The van der Waals surface area contributed by atoms with E-state index in [0.29, 0.717) is 18.8 Å². The fourth-order valence-corrected chi connectivity index (χ4v) is 3.33. The molecule has 0 unspecified atom stereocenters. The molecular weight excluding hydrogens is 315 g/mol. The average molecular weight is 329 g/mol. The lowest BCUT2D eigenvalue weighted by Crippen LogP contribution is -2.26. The maximum atomic E-state index is 13.2. The van der Waals surface area contributed by atoms with E-state index in [1.165, 1.54) is 23.7 Å². The van der Waals surface area contributed by atoms with Crippen LogP contribution < -0.4 is 0 Å². The second-order valence-electron chi connectivity index (χ2n) is 5.32. The van der Waals surface area contributed by atoms with E-state index >= 15 is 0 Å². The number of rotatable bonds is 3. The van der Waals surface area contributed by atoms with Crippen LogP contribution in [0.4, 0.5) is 13.2 Å². The van der Waals surface area contributed by atoms with Crippen molar-refractivity contribution in [2.45, 2.75) is 31.3 Å². The number of hydrogen-bond donors (Lipinski definition) is 1. The van der Waals surface area contributed by atoms with Crippen molar-refractivity contribution < 1.29 is 18.3 Å². The van der Waals surface area contributed by atoms with Crippen LogP contribution in [-0.2, 0) is 12.7 Å². The van der Waals surface area contributed by atoms with Crippen molar-refractivity contribution in [1.29, 1.82) is 0 Å². The summed E-state index contributed by atoms with van der Waals surface area (Å²) in [5.41, 5.74) is 0.263. The van der Waals surface area contributed by atoms with Gasteiger partial charge in [0.25, 0.3) is 0 Å². The predicted octanol–water partition coefficient (Wildman–Crippen LogP) is 2.86. The number of aliphatic hydroxyl groups is 1. The van der Waals surface area contributed by atoms with Gasteiger partial charge in [0, 0.05) is 24.5 Å². The van der Waals surface area contributed by atoms with E-state index in [0.717, 1.165) is 6.07 Å². The number of aliphatic hydroxyl groups excluding tert-OH is 1. The van der Waals surface area contributed by atoms with Gasteiger partial charge < -0.3 is 5.11 Å². The van der Waals surface area contributed by atoms with E-state index in [-0.39, 0.29) is 12.0 Å². The molecule has 0 radical (unpaired) electrons. The summed E-state index contributed by atoms with van der Waals surface area (Å²) in [6.07, 6.45) is -4.76. The minimum Gasteiger partial charge on any atom is -0.392 e. The van der Waals surface area contributed by atoms with Gasteiger partial charge in [0.1, 0.15) is 0 Å². The Balaban J connectivity index is 1.92. The minimum absolute atomic E-state index is 0.203. The molecule has 1 aromatic carbocycles. The van der Waals surface area contributed by atoms with Gasteiger partial charge in [-0.15, -0.1) is 5.10 Å². The minimum atomic E-state index is -4.40. The Labute approximate surface area is 129 Å². The Bertz CT molecular complexity index is 633. The summed E-state index contributed by atoms with van der Waals surface area (Å²) >= 11 is 1.20. The third kappa shape index (κ3) is 3.13. The van der Waals surface area contributed by atoms with Crippen molar-refractivity contribution in [2.24, 2.45) is 0 Å².